The summed E-state index contributed by atoms with van der Waals surface area (Å²) in [6.45, 7) is 10.2. The molecule has 2 atom stereocenters. The summed E-state index contributed by atoms with van der Waals surface area (Å²) in [6.07, 6.45) is 10.0. The average Bonchev–Trinajstić information content (AvgIpc) is 4.15. The summed E-state index contributed by atoms with van der Waals surface area (Å²) in [6, 6.07) is 22.2. The minimum atomic E-state index is -0.578. The monoisotopic (exact) mass is 985 g/mol. The highest BCUT2D eigenvalue weighted by Crippen LogP contribution is 2.40. The number of aromatic amines is 1. The Morgan fingerprint density at radius 3 is 2.10 bits per heavy atom. The number of aliphatic hydroxyl groups excluding tert-OH is 3. The van der Waals surface area contributed by atoms with Crippen LogP contribution in [0, 0.1) is 13.5 Å². The minimum Gasteiger partial charge on any atom is -0.393 e. The van der Waals surface area contributed by atoms with Crippen molar-refractivity contribution in [3.8, 4) is 23.2 Å². The van der Waals surface area contributed by atoms with Gasteiger partial charge >= 0.3 is 5.69 Å². The van der Waals surface area contributed by atoms with Gasteiger partial charge in [0.1, 0.15) is 35.2 Å². The van der Waals surface area contributed by atoms with E-state index in [0.29, 0.717) is 76.6 Å². The molecule has 19 nitrogen and oxygen atoms in total. The number of fused-ring (bicyclic) bond motifs is 5. The third-order valence-corrected chi connectivity index (χ3v) is 14.0. The van der Waals surface area contributed by atoms with Crippen LogP contribution in [0.15, 0.2) is 103 Å². The van der Waals surface area contributed by atoms with Crippen molar-refractivity contribution in [2.75, 3.05) is 18.0 Å². The Labute approximate surface area is 418 Å². The molecule has 0 bridgehead atoms. The number of aliphatic hydroxyl groups is 3. The van der Waals surface area contributed by atoms with Crippen LogP contribution in [-0.2, 0) is 0 Å². The molecule has 8 heterocycles. The number of benzene rings is 3. The zero-order valence-electron chi connectivity index (χ0n) is 37.7. The molecule has 2 fully saturated rings. The lowest BCUT2D eigenvalue weighted by Crippen LogP contribution is -2.51. The molecule has 3 aliphatic rings. The second kappa shape index (κ2) is 19.0. The highest BCUT2D eigenvalue weighted by Gasteiger charge is 2.34. The lowest BCUT2D eigenvalue weighted by atomic mass is 9.85. The highest BCUT2D eigenvalue weighted by atomic mass is 35.5. The topological polar surface area (TPSA) is 224 Å². The van der Waals surface area contributed by atoms with Gasteiger partial charge in [0, 0.05) is 42.1 Å². The van der Waals surface area contributed by atoms with E-state index in [1.54, 1.807) is 52.4 Å². The number of rotatable bonds is 6. The van der Waals surface area contributed by atoms with Gasteiger partial charge in [0.05, 0.1) is 53.0 Å². The Morgan fingerprint density at radius 2 is 1.39 bits per heavy atom. The molecule has 0 spiro atoms. The molecule has 1 saturated carbocycles. The lowest BCUT2D eigenvalue weighted by Gasteiger charge is -2.37. The van der Waals surface area contributed by atoms with Crippen molar-refractivity contribution in [1.29, 1.82) is 0 Å². The van der Waals surface area contributed by atoms with Crippen molar-refractivity contribution in [3.05, 3.63) is 142 Å². The smallest absolute Gasteiger partial charge is 0.328 e. The summed E-state index contributed by atoms with van der Waals surface area (Å²) in [4.78, 5) is 59.4. The fourth-order valence-electron chi connectivity index (χ4n) is 10.3. The van der Waals surface area contributed by atoms with Gasteiger partial charge in [-0.15, -0.1) is 0 Å². The molecular formula is C52H52ClN15O4. The van der Waals surface area contributed by atoms with Crippen LogP contribution < -0.4 is 10.6 Å². The first-order valence-electron chi connectivity index (χ1n) is 23.1. The predicted octanol–water partition coefficient (Wildman–Crippen LogP) is 8.54. The quantitative estimate of drug-likeness (QED) is 0.115. The number of anilines is 1. The first kappa shape index (κ1) is 47.8. The van der Waals surface area contributed by atoms with Gasteiger partial charge in [-0.05, 0) is 99.0 Å². The van der Waals surface area contributed by atoms with Crippen molar-refractivity contribution in [3.63, 3.8) is 0 Å². The zero-order valence-corrected chi connectivity index (χ0v) is 38.4. The Hall–Kier alpha value is -7.89. The van der Waals surface area contributed by atoms with E-state index in [2.05, 4.69) is 29.3 Å². The predicted molar refractivity (Wildman–Crippen MR) is 276 cm³/mol. The molecule has 13 rings (SSSR count). The van der Waals surface area contributed by atoms with E-state index in [0.717, 1.165) is 76.1 Å². The van der Waals surface area contributed by atoms with E-state index in [1.165, 1.54) is 0 Å². The summed E-state index contributed by atoms with van der Waals surface area (Å²) >= 11 is 6.28. The lowest BCUT2D eigenvalue weighted by molar-refractivity contribution is 0.111. The highest BCUT2D eigenvalue weighted by molar-refractivity contribution is 6.31. The van der Waals surface area contributed by atoms with Crippen LogP contribution in [0.3, 0.4) is 0 Å². The molecule has 0 unspecified atom stereocenters. The summed E-state index contributed by atoms with van der Waals surface area (Å²) in [7, 11) is 0. The molecule has 0 radical (unpaired) electrons. The van der Waals surface area contributed by atoms with E-state index >= 15 is 0 Å². The minimum absolute atomic E-state index is 0. The van der Waals surface area contributed by atoms with Crippen LogP contribution in [0.5, 0.6) is 0 Å². The number of pyridine rings is 1. The van der Waals surface area contributed by atoms with Gasteiger partial charge in [-0.25, -0.2) is 29.6 Å². The van der Waals surface area contributed by atoms with Gasteiger partial charge in [0.2, 0.25) is 11.9 Å². The average molecular weight is 987 g/mol. The van der Waals surface area contributed by atoms with E-state index in [-0.39, 0.29) is 38.7 Å². The van der Waals surface area contributed by atoms with Gasteiger partial charge in [0.25, 0.3) is 0 Å². The number of nitrogens with zero attached hydrogens (tertiary/aromatic N) is 14. The molecule has 366 valence electrons. The summed E-state index contributed by atoms with van der Waals surface area (Å²) in [5.41, 5.74) is 9.04. The number of halogens is 1. The van der Waals surface area contributed by atoms with E-state index in [4.69, 9.17) is 43.1 Å². The number of β-amino-alcohol motifs (C(OH)–C–C–N with tert-alkyl or cyclic N) is 1. The summed E-state index contributed by atoms with van der Waals surface area (Å²) in [5, 5.41) is 31.2. The Kier molecular flexibility index (Phi) is 12.6. The fraction of sp³-hybridized carbons (Fsp3) is 0.308. The largest absolute Gasteiger partial charge is 0.393 e. The normalized spacial score (nSPS) is 18.8. The van der Waals surface area contributed by atoms with Crippen molar-refractivity contribution >= 4 is 67.5 Å². The van der Waals surface area contributed by atoms with Crippen LogP contribution in [0.1, 0.15) is 88.5 Å². The molecule has 72 heavy (non-hydrogen) atoms. The maximum absolute atomic E-state index is 13.4. The number of H-pyrrole nitrogens is 1. The molecule has 1 saturated heterocycles. The number of nitrogens with one attached hydrogen (secondary N) is 1. The van der Waals surface area contributed by atoms with Crippen molar-refractivity contribution in [2.45, 2.75) is 90.7 Å². The Balaban J connectivity index is 0.000000162. The Morgan fingerprint density at radius 1 is 0.722 bits per heavy atom. The number of aryl methyl sites for hydroxylation is 1. The molecule has 20 heteroatoms. The van der Waals surface area contributed by atoms with Gasteiger partial charge in [-0.1, -0.05) is 56.8 Å². The summed E-state index contributed by atoms with van der Waals surface area (Å²) < 4.78 is 7.43. The third-order valence-electron chi connectivity index (χ3n) is 13.7. The maximum atomic E-state index is 13.4. The maximum Gasteiger partial charge on any atom is 0.328 e. The molecule has 1 aliphatic heterocycles. The zero-order chi connectivity index (χ0) is 47.8. The van der Waals surface area contributed by atoms with E-state index in [9.17, 15) is 20.1 Å². The number of hydrogen-bond acceptors (Lipinski definition) is 13. The van der Waals surface area contributed by atoms with Crippen molar-refractivity contribution < 1.29 is 15.3 Å². The van der Waals surface area contributed by atoms with Crippen LogP contribution in [0.2, 0.25) is 5.02 Å². The second-order valence-corrected chi connectivity index (χ2v) is 18.5. The van der Waals surface area contributed by atoms with Gasteiger partial charge in [-0.2, -0.15) is 15.0 Å². The molecular weight excluding hydrogens is 934 g/mol. The molecule has 4 N–H and O–H groups in total. The van der Waals surface area contributed by atoms with Gasteiger partial charge < -0.3 is 29.8 Å². The van der Waals surface area contributed by atoms with E-state index in [1.807, 2.05) is 71.0 Å². The molecule has 10 aromatic rings. The third kappa shape index (κ3) is 8.21. The first-order chi connectivity index (χ1) is 34.1. The van der Waals surface area contributed by atoms with Crippen LogP contribution in [0.4, 0.5) is 11.5 Å². The Bertz CT molecular complexity index is 3750. The van der Waals surface area contributed by atoms with Crippen LogP contribution in [0.25, 0.3) is 72.4 Å². The molecule has 7 aromatic heterocycles. The summed E-state index contributed by atoms with van der Waals surface area (Å²) in [5.74, 6) is 2.24. The SMILES string of the molecule is C.C.Cc1nc2c(-c3ccncc3)nc(-n3cnc4ccc(Cl)cc43)nc2n1C1CCC(O)CC1.[C-]#[N+]c1ccc2ncn(-c3nc(N4CC(O)C4)c4[nH]c(=O)n([C@@H]5CC[C@@H](O)c6ccccc65)c4n3)c2c1. The standard InChI is InChI=1S/C26H22N8O3.C24H22ClN7O.2CH4/c1-27-14-6-7-18-20(10-14)33(13-28-18)25-30-23(32-11-15(35)12-32)22-24(31-25)34(26(37)29-22)19-8-9-21(36)17-5-3-2-4-16(17)19;1-14-28-22-21(15-8-10-26-11-9-15)29-24(31-13-27-19-7-2-16(25)12-20(19)31)30-23(22)32(14)17-3-5-18(33)6-4-17;;/h2-7,10,13,15,19,21,35-36H,8-9,11-12H2,(H,29,37);2,7-13,17-18,33H,3-6H2,1H3;2*1H4/t19-,21-;;;/m1.../s1. The van der Waals surface area contributed by atoms with Crippen molar-refractivity contribution in [1.82, 2.24) is 63.1 Å². The first-order valence-corrected chi connectivity index (χ1v) is 23.5. The van der Waals surface area contributed by atoms with Crippen LogP contribution in [-0.4, -0.2) is 104 Å². The number of hydrogen-bond donors (Lipinski definition) is 4. The van der Waals surface area contributed by atoms with Gasteiger partial charge in [-0.3, -0.25) is 18.7 Å². The van der Waals surface area contributed by atoms with Crippen LogP contribution >= 0.6 is 11.6 Å². The number of imidazole rings is 4. The molecule has 0 amide bonds. The van der Waals surface area contributed by atoms with Crippen molar-refractivity contribution in [2.24, 2.45) is 0 Å². The fourth-order valence-corrected chi connectivity index (χ4v) is 10.4. The van der Waals surface area contributed by atoms with E-state index < -0.39 is 12.2 Å². The molecule has 2 aliphatic carbocycles. The number of aromatic nitrogens is 13. The molecule has 3 aromatic carbocycles. The van der Waals surface area contributed by atoms with Gasteiger partial charge in [0.15, 0.2) is 22.8 Å². The second-order valence-electron chi connectivity index (χ2n) is 18.1.